The molecule has 1 amide bonds. The lowest BCUT2D eigenvalue weighted by Gasteiger charge is -2.22. The van der Waals surface area contributed by atoms with E-state index in [1.807, 2.05) is 48.5 Å². The number of amides is 1. The first-order valence-electron chi connectivity index (χ1n) is 11.4. The Morgan fingerprint density at radius 1 is 0.939 bits per heavy atom. The van der Waals surface area contributed by atoms with Gasteiger partial charge in [0.25, 0.3) is 0 Å². The molecule has 164 valence electrons. The molecular weight excluding hydrogens is 408 g/mol. The molecule has 1 atom stereocenters. The largest absolute Gasteiger partial charge is 0.436 e. The minimum Gasteiger partial charge on any atom is -0.436 e. The summed E-state index contributed by atoms with van der Waals surface area (Å²) >= 11 is 0. The van der Waals surface area contributed by atoms with Crippen molar-refractivity contribution in [2.75, 3.05) is 0 Å². The lowest BCUT2D eigenvalue weighted by molar-refractivity contribution is 0.1000. The highest BCUT2D eigenvalue weighted by Gasteiger charge is 2.26. The highest BCUT2D eigenvalue weighted by Crippen LogP contribution is 2.40. The van der Waals surface area contributed by atoms with Crippen LogP contribution in [0.5, 0.6) is 0 Å². The zero-order valence-corrected chi connectivity index (χ0v) is 18.4. The lowest BCUT2D eigenvalue weighted by atomic mass is 9.83. The fourth-order valence-corrected chi connectivity index (χ4v) is 4.57. The van der Waals surface area contributed by atoms with Crippen LogP contribution in [0.25, 0.3) is 28.2 Å². The topological polar surface area (TPSA) is 69.1 Å². The van der Waals surface area contributed by atoms with Gasteiger partial charge in [0.1, 0.15) is 5.69 Å². The summed E-state index contributed by atoms with van der Waals surface area (Å²) in [5, 5.41) is 0. The molecule has 4 nitrogen and oxygen atoms in total. The van der Waals surface area contributed by atoms with E-state index in [1.54, 1.807) is 6.07 Å². The van der Waals surface area contributed by atoms with E-state index >= 15 is 0 Å². The van der Waals surface area contributed by atoms with Gasteiger partial charge in [-0.15, -0.1) is 0 Å². The molecule has 33 heavy (non-hydrogen) atoms. The van der Waals surface area contributed by atoms with Crippen LogP contribution in [0.1, 0.15) is 41.1 Å². The zero-order chi connectivity index (χ0) is 22.6. The van der Waals surface area contributed by atoms with Crippen LogP contribution in [-0.2, 0) is 6.42 Å². The van der Waals surface area contributed by atoms with E-state index in [0.717, 1.165) is 59.4 Å². The van der Waals surface area contributed by atoms with Gasteiger partial charge in [-0.2, -0.15) is 0 Å². The maximum Gasteiger partial charge on any atom is 0.248 e. The molecule has 1 aromatic heterocycles. The highest BCUT2D eigenvalue weighted by molar-refractivity contribution is 5.92. The van der Waals surface area contributed by atoms with Crippen molar-refractivity contribution >= 4 is 11.5 Å². The molecule has 1 aliphatic carbocycles. The number of rotatable bonds is 6. The van der Waals surface area contributed by atoms with Crippen molar-refractivity contribution in [2.24, 2.45) is 11.7 Å². The standard InChI is InChI=1S/C29H26N2O2/c30-28(32)24-16-9-10-20(19-24)18-23-15-7-8-17-25(23)29-31-26(21-11-3-1-4-12-21)27(33-29)22-13-5-2-6-14-22/h1-6,9-14,16-17,19,23H,7-8,15,18H2,(H2,30,32). The number of nitrogens with two attached hydrogens (primary N) is 1. The van der Waals surface area contributed by atoms with Gasteiger partial charge in [-0.25, -0.2) is 4.98 Å². The van der Waals surface area contributed by atoms with Gasteiger partial charge in [-0.05, 0) is 49.3 Å². The first kappa shape index (κ1) is 21.0. The summed E-state index contributed by atoms with van der Waals surface area (Å²) in [6, 6.07) is 27.9. The zero-order valence-electron chi connectivity index (χ0n) is 18.4. The Bertz CT molecular complexity index is 1230. The quantitative estimate of drug-likeness (QED) is 0.375. The molecule has 0 spiro atoms. The van der Waals surface area contributed by atoms with Crippen molar-refractivity contribution < 1.29 is 9.21 Å². The number of allylic oxidation sites excluding steroid dienone is 2. The molecule has 1 aliphatic rings. The van der Waals surface area contributed by atoms with Crippen molar-refractivity contribution in [2.45, 2.75) is 25.7 Å². The Morgan fingerprint density at radius 3 is 2.39 bits per heavy atom. The second-order valence-electron chi connectivity index (χ2n) is 8.48. The number of carbonyl (C=O) groups is 1. The maximum absolute atomic E-state index is 11.6. The summed E-state index contributed by atoms with van der Waals surface area (Å²) in [4.78, 5) is 16.6. The van der Waals surface area contributed by atoms with Gasteiger partial charge in [0.05, 0.1) is 0 Å². The molecule has 1 heterocycles. The van der Waals surface area contributed by atoms with Crippen LogP contribution >= 0.6 is 0 Å². The van der Waals surface area contributed by atoms with E-state index in [2.05, 4.69) is 36.4 Å². The Kier molecular flexibility index (Phi) is 5.90. The van der Waals surface area contributed by atoms with Gasteiger partial charge in [0.2, 0.25) is 11.8 Å². The van der Waals surface area contributed by atoms with Crippen LogP contribution in [0.3, 0.4) is 0 Å². The van der Waals surface area contributed by atoms with Crippen LogP contribution in [0, 0.1) is 5.92 Å². The van der Waals surface area contributed by atoms with Crippen LogP contribution in [0.15, 0.2) is 95.4 Å². The number of hydrogen-bond donors (Lipinski definition) is 1. The predicted molar refractivity (Wildman–Crippen MR) is 131 cm³/mol. The summed E-state index contributed by atoms with van der Waals surface area (Å²) in [5.41, 5.74) is 11.2. The monoisotopic (exact) mass is 434 g/mol. The smallest absolute Gasteiger partial charge is 0.248 e. The molecule has 0 saturated carbocycles. The summed E-state index contributed by atoms with van der Waals surface area (Å²) < 4.78 is 6.47. The molecule has 0 aliphatic heterocycles. The van der Waals surface area contributed by atoms with Gasteiger partial charge >= 0.3 is 0 Å². The number of primary amides is 1. The maximum atomic E-state index is 11.6. The fraction of sp³-hybridized carbons (Fsp3) is 0.172. The number of benzene rings is 3. The molecule has 0 fully saturated rings. The van der Waals surface area contributed by atoms with E-state index < -0.39 is 5.91 Å². The van der Waals surface area contributed by atoms with E-state index in [0.29, 0.717) is 11.5 Å². The molecule has 2 N–H and O–H groups in total. The van der Waals surface area contributed by atoms with Crippen LogP contribution in [0.2, 0.25) is 0 Å². The minimum absolute atomic E-state index is 0.271. The molecule has 3 aromatic carbocycles. The highest BCUT2D eigenvalue weighted by atomic mass is 16.4. The Labute approximate surface area is 193 Å². The first-order chi connectivity index (χ1) is 16.2. The van der Waals surface area contributed by atoms with Crippen molar-refractivity contribution in [1.29, 1.82) is 0 Å². The van der Waals surface area contributed by atoms with Gasteiger partial charge in [-0.3, -0.25) is 4.79 Å². The number of aromatic nitrogens is 1. The van der Waals surface area contributed by atoms with Crippen LogP contribution in [0.4, 0.5) is 0 Å². The second-order valence-corrected chi connectivity index (χ2v) is 8.48. The Morgan fingerprint density at radius 2 is 1.67 bits per heavy atom. The van der Waals surface area contributed by atoms with Crippen molar-refractivity contribution in [3.63, 3.8) is 0 Å². The lowest BCUT2D eigenvalue weighted by Crippen LogP contribution is -2.14. The van der Waals surface area contributed by atoms with E-state index in [4.69, 9.17) is 15.1 Å². The van der Waals surface area contributed by atoms with E-state index in [-0.39, 0.29) is 5.92 Å². The molecule has 5 rings (SSSR count). The third-order valence-corrected chi connectivity index (χ3v) is 6.21. The van der Waals surface area contributed by atoms with Gasteiger partial charge in [0.15, 0.2) is 5.76 Å². The number of hydrogen-bond acceptors (Lipinski definition) is 3. The van der Waals surface area contributed by atoms with Gasteiger partial charge in [-0.1, -0.05) is 78.9 Å². The molecule has 0 saturated heterocycles. The van der Waals surface area contributed by atoms with E-state index in [9.17, 15) is 4.79 Å². The second kappa shape index (κ2) is 9.29. The Balaban J connectivity index is 1.53. The summed E-state index contributed by atoms with van der Waals surface area (Å²) in [6.45, 7) is 0. The van der Waals surface area contributed by atoms with Gasteiger partial charge < -0.3 is 10.2 Å². The molecule has 4 heteroatoms. The van der Waals surface area contributed by atoms with Gasteiger partial charge in [0, 0.05) is 22.3 Å². The molecular formula is C29H26N2O2. The van der Waals surface area contributed by atoms with Crippen molar-refractivity contribution in [3.05, 3.63) is 108 Å². The Hall–Kier alpha value is -3.92. The van der Waals surface area contributed by atoms with E-state index in [1.165, 1.54) is 0 Å². The number of oxazole rings is 1. The average molecular weight is 435 g/mol. The third kappa shape index (κ3) is 4.51. The summed E-state index contributed by atoms with van der Waals surface area (Å²) in [6.07, 6.45) is 6.27. The first-order valence-corrected chi connectivity index (χ1v) is 11.4. The SMILES string of the molecule is NC(=O)c1cccc(CC2CCCC=C2c2nc(-c3ccccc3)c(-c3ccccc3)o2)c1. The average Bonchev–Trinajstić information content (AvgIpc) is 3.31. The number of nitrogens with zero attached hydrogens (tertiary/aromatic N) is 1. The van der Waals surface area contributed by atoms with Crippen LogP contribution < -0.4 is 5.73 Å². The van der Waals surface area contributed by atoms with Crippen molar-refractivity contribution in [1.82, 2.24) is 4.98 Å². The minimum atomic E-state index is -0.399. The molecule has 0 bridgehead atoms. The third-order valence-electron chi connectivity index (χ3n) is 6.21. The summed E-state index contributed by atoms with van der Waals surface area (Å²) in [5.74, 6) is 1.35. The van der Waals surface area contributed by atoms with Crippen molar-refractivity contribution in [3.8, 4) is 22.6 Å². The predicted octanol–water partition coefficient (Wildman–Crippen LogP) is 6.53. The molecule has 1 unspecified atom stereocenters. The summed E-state index contributed by atoms with van der Waals surface area (Å²) in [7, 11) is 0. The van der Waals surface area contributed by atoms with Crippen LogP contribution in [-0.4, -0.2) is 10.9 Å². The molecule has 4 aromatic rings. The fourth-order valence-electron chi connectivity index (χ4n) is 4.57. The normalized spacial score (nSPS) is 15.8. The number of carbonyl (C=O) groups excluding carboxylic acids is 1. The molecule has 0 radical (unpaired) electrons.